The zero-order valence-corrected chi connectivity index (χ0v) is 22.8. The first-order chi connectivity index (χ1) is 16.6. The predicted octanol–water partition coefficient (Wildman–Crippen LogP) is 5.85. The Bertz CT molecular complexity index is 1180. The molecule has 1 aliphatic heterocycles. The van der Waals surface area contributed by atoms with Crippen molar-refractivity contribution >= 4 is 41.6 Å². The monoisotopic (exact) mass is 534 g/mol. The number of hydrogen-bond acceptors (Lipinski definition) is 5. The summed E-state index contributed by atoms with van der Waals surface area (Å²) in [5, 5.41) is 4.17. The van der Waals surface area contributed by atoms with Gasteiger partial charge in [0.05, 0.1) is 12.6 Å². The molecule has 0 atom stereocenters. The number of methoxy groups -OCH3 is 1. The molecule has 1 saturated heterocycles. The van der Waals surface area contributed by atoms with Crippen molar-refractivity contribution in [3.8, 4) is 17.5 Å². The molecule has 1 aliphatic carbocycles. The molecule has 2 aliphatic rings. The molecular formula is C27H36Cl2N4O3. The maximum Gasteiger partial charge on any atom is 0.260 e. The van der Waals surface area contributed by atoms with E-state index in [0.29, 0.717) is 30.4 Å². The number of rotatable bonds is 5. The van der Waals surface area contributed by atoms with Crippen LogP contribution in [0, 0.1) is 13.8 Å². The first kappa shape index (κ1) is 28.1. The predicted molar refractivity (Wildman–Crippen MR) is 148 cm³/mol. The lowest BCUT2D eigenvalue weighted by molar-refractivity contribution is 0.0734. The van der Waals surface area contributed by atoms with Crippen LogP contribution in [0.3, 0.4) is 0 Å². The second-order valence-electron chi connectivity index (χ2n) is 9.45. The number of halogens is 2. The highest BCUT2D eigenvalue weighted by molar-refractivity contribution is 6.10. The number of aryl methyl sites for hydroxylation is 2. The third kappa shape index (κ3) is 5.29. The molecule has 196 valence electrons. The number of nitrogens with one attached hydrogen (secondary N) is 1. The molecule has 5 rings (SSSR count). The summed E-state index contributed by atoms with van der Waals surface area (Å²) in [4.78, 5) is 20.4. The molecular weight excluding hydrogens is 499 g/mol. The average molecular weight is 536 g/mol. The first-order valence-electron chi connectivity index (χ1n) is 12.4. The number of para-hydroxylation sites is 1. The van der Waals surface area contributed by atoms with Gasteiger partial charge >= 0.3 is 0 Å². The number of aromatic nitrogens is 2. The zero-order valence-electron chi connectivity index (χ0n) is 21.2. The van der Waals surface area contributed by atoms with Gasteiger partial charge in [-0.3, -0.25) is 4.79 Å². The SMILES string of the molecule is COc1cc2c(cn1)c(C(=O)N1CCNCC1)c(Oc1c(C)cccc1C)n2C1CCCCC1.Cl.Cl. The lowest BCUT2D eigenvalue weighted by Gasteiger charge is -2.29. The topological polar surface area (TPSA) is 68.6 Å². The van der Waals surface area contributed by atoms with E-state index in [4.69, 9.17) is 9.47 Å². The highest BCUT2D eigenvalue weighted by Crippen LogP contribution is 2.43. The summed E-state index contributed by atoms with van der Waals surface area (Å²) in [6.07, 6.45) is 7.52. The van der Waals surface area contributed by atoms with E-state index in [9.17, 15) is 4.79 Å². The van der Waals surface area contributed by atoms with Crippen molar-refractivity contribution in [2.75, 3.05) is 33.3 Å². The Kier molecular flexibility index (Phi) is 9.50. The van der Waals surface area contributed by atoms with E-state index in [1.54, 1.807) is 13.3 Å². The van der Waals surface area contributed by atoms with Gasteiger partial charge in [-0.1, -0.05) is 37.5 Å². The smallest absolute Gasteiger partial charge is 0.260 e. The van der Waals surface area contributed by atoms with Crippen LogP contribution in [-0.2, 0) is 0 Å². The molecule has 1 aromatic carbocycles. The van der Waals surface area contributed by atoms with Crippen molar-refractivity contribution in [3.63, 3.8) is 0 Å². The lowest BCUT2D eigenvalue weighted by atomic mass is 9.95. The summed E-state index contributed by atoms with van der Waals surface area (Å²) in [5.74, 6) is 2.01. The highest BCUT2D eigenvalue weighted by atomic mass is 35.5. The minimum atomic E-state index is 0. The Morgan fingerprint density at radius 1 is 1.06 bits per heavy atom. The Morgan fingerprint density at radius 3 is 2.36 bits per heavy atom. The summed E-state index contributed by atoms with van der Waals surface area (Å²) >= 11 is 0. The number of benzene rings is 1. The van der Waals surface area contributed by atoms with E-state index < -0.39 is 0 Å². The number of hydrogen-bond donors (Lipinski definition) is 1. The number of fused-ring (bicyclic) bond motifs is 1. The van der Waals surface area contributed by atoms with E-state index in [1.165, 1.54) is 19.3 Å². The van der Waals surface area contributed by atoms with Gasteiger partial charge in [-0.05, 0) is 37.8 Å². The van der Waals surface area contributed by atoms with Crippen LogP contribution in [0.5, 0.6) is 17.5 Å². The van der Waals surface area contributed by atoms with Crippen molar-refractivity contribution in [1.82, 2.24) is 19.8 Å². The molecule has 0 unspecified atom stereocenters. The number of carbonyl (C=O) groups is 1. The Balaban J connectivity index is 0.00000180. The number of amides is 1. The van der Waals surface area contributed by atoms with Crippen LogP contribution in [0.4, 0.5) is 0 Å². The van der Waals surface area contributed by atoms with E-state index in [2.05, 4.69) is 40.8 Å². The van der Waals surface area contributed by atoms with Gasteiger partial charge in [-0.15, -0.1) is 24.8 Å². The molecule has 3 aromatic rings. The summed E-state index contributed by atoms with van der Waals surface area (Å²) in [7, 11) is 1.63. The van der Waals surface area contributed by atoms with Gasteiger partial charge in [0.15, 0.2) is 0 Å². The quantitative estimate of drug-likeness (QED) is 0.444. The first-order valence-corrected chi connectivity index (χ1v) is 12.4. The number of piperazine rings is 1. The fraction of sp³-hybridized carbons (Fsp3) is 0.481. The van der Waals surface area contributed by atoms with Gasteiger partial charge < -0.3 is 24.3 Å². The second kappa shape index (κ2) is 12.2. The van der Waals surface area contributed by atoms with Crippen LogP contribution in [0.25, 0.3) is 10.9 Å². The van der Waals surface area contributed by atoms with Crippen LogP contribution in [-0.4, -0.2) is 53.6 Å². The molecule has 2 aromatic heterocycles. The standard InChI is InChI=1S/C27H34N4O3.2ClH/c1-18-8-7-9-19(2)25(18)34-27-24(26(32)30-14-12-28-13-15-30)21-17-29-23(33-3)16-22(21)31(27)20-10-5-4-6-11-20;;/h7-9,16-17,20,28H,4-6,10-15H2,1-3H3;2*1H. The lowest BCUT2D eigenvalue weighted by Crippen LogP contribution is -2.46. The molecule has 7 nitrogen and oxygen atoms in total. The van der Waals surface area contributed by atoms with Gasteiger partial charge in [-0.2, -0.15) is 0 Å². The maximum absolute atomic E-state index is 14.0. The average Bonchev–Trinajstić information content (AvgIpc) is 3.19. The van der Waals surface area contributed by atoms with Crippen molar-refractivity contribution in [1.29, 1.82) is 0 Å². The van der Waals surface area contributed by atoms with Crippen LogP contribution >= 0.6 is 24.8 Å². The van der Waals surface area contributed by atoms with E-state index in [0.717, 1.165) is 53.7 Å². The van der Waals surface area contributed by atoms with Crippen LogP contribution in [0.1, 0.15) is 59.6 Å². The molecule has 3 heterocycles. The highest BCUT2D eigenvalue weighted by Gasteiger charge is 2.32. The molecule has 0 radical (unpaired) electrons. The van der Waals surface area contributed by atoms with Crippen LogP contribution in [0.15, 0.2) is 30.5 Å². The van der Waals surface area contributed by atoms with Gasteiger partial charge in [0.25, 0.3) is 5.91 Å². The minimum absolute atomic E-state index is 0. The van der Waals surface area contributed by atoms with Gasteiger partial charge in [0, 0.05) is 49.9 Å². The molecule has 1 N–H and O–H groups in total. The Hall–Kier alpha value is -2.48. The third-order valence-electron chi connectivity index (χ3n) is 7.19. The summed E-state index contributed by atoms with van der Waals surface area (Å²) in [6.45, 7) is 7.07. The molecule has 1 amide bonds. The largest absolute Gasteiger partial charge is 0.481 e. The van der Waals surface area contributed by atoms with E-state index in [1.807, 2.05) is 17.0 Å². The summed E-state index contributed by atoms with van der Waals surface area (Å²) in [5.41, 5.74) is 3.67. The van der Waals surface area contributed by atoms with Gasteiger partial charge in [-0.25, -0.2) is 4.98 Å². The summed E-state index contributed by atoms with van der Waals surface area (Å²) < 4.78 is 14.5. The Labute approximate surface area is 225 Å². The number of ether oxygens (including phenoxy) is 2. The minimum Gasteiger partial charge on any atom is -0.481 e. The van der Waals surface area contributed by atoms with Crippen LogP contribution < -0.4 is 14.8 Å². The van der Waals surface area contributed by atoms with E-state index in [-0.39, 0.29) is 36.8 Å². The Morgan fingerprint density at radius 2 is 1.72 bits per heavy atom. The normalized spacial score (nSPS) is 16.2. The number of nitrogens with zero attached hydrogens (tertiary/aromatic N) is 3. The summed E-state index contributed by atoms with van der Waals surface area (Å²) in [6, 6.07) is 8.37. The molecule has 1 saturated carbocycles. The fourth-order valence-electron chi connectivity index (χ4n) is 5.37. The van der Waals surface area contributed by atoms with Crippen LogP contribution in [0.2, 0.25) is 0 Å². The molecule has 2 fully saturated rings. The molecule has 0 spiro atoms. The van der Waals surface area contributed by atoms with Crippen molar-refractivity contribution in [2.24, 2.45) is 0 Å². The fourth-order valence-corrected chi connectivity index (χ4v) is 5.37. The second-order valence-corrected chi connectivity index (χ2v) is 9.45. The zero-order chi connectivity index (χ0) is 23.7. The molecule has 36 heavy (non-hydrogen) atoms. The number of carbonyl (C=O) groups excluding carboxylic acids is 1. The van der Waals surface area contributed by atoms with Crippen molar-refractivity contribution in [2.45, 2.75) is 52.0 Å². The molecule has 0 bridgehead atoms. The van der Waals surface area contributed by atoms with Crippen molar-refractivity contribution < 1.29 is 14.3 Å². The third-order valence-corrected chi connectivity index (χ3v) is 7.19. The van der Waals surface area contributed by atoms with Crippen molar-refractivity contribution in [3.05, 3.63) is 47.2 Å². The van der Waals surface area contributed by atoms with E-state index >= 15 is 0 Å². The maximum atomic E-state index is 14.0. The number of pyridine rings is 1. The van der Waals surface area contributed by atoms with Gasteiger partial charge in [0.1, 0.15) is 11.3 Å². The molecule has 9 heteroatoms. The van der Waals surface area contributed by atoms with Gasteiger partial charge in [0.2, 0.25) is 11.8 Å².